The Balaban J connectivity index is 2.00. The zero-order valence-electron chi connectivity index (χ0n) is 18.4. The van der Waals surface area contributed by atoms with Crippen LogP contribution in [0.25, 0.3) is 0 Å². The predicted octanol–water partition coefficient (Wildman–Crippen LogP) is 5.73. The summed E-state index contributed by atoms with van der Waals surface area (Å²) in [4.78, 5) is 17.0. The summed E-state index contributed by atoms with van der Waals surface area (Å²) >= 11 is 6.44. The van der Waals surface area contributed by atoms with Crippen molar-refractivity contribution in [2.75, 3.05) is 16.0 Å². The Kier molecular flexibility index (Phi) is 7.58. The van der Waals surface area contributed by atoms with Crippen LogP contribution in [0.5, 0.6) is 0 Å². The molecule has 2 aromatic rings. The maximum Gasteiger partial charge on any atom is 0.319 e. The highest BCUT2D eigenvalue weighted by molar-refractivity contribution is 6.44. The molecular weight excluding hydrogens is 410 g/mol. The van der Waals surface area contributed by atoms with Crippen LogP contribution in [0.15, 0.2) is 58.6 Å². The number of rotatable bonds is 3. The van der Waals surface area contributed by atoms with Gasteiger partial charge in [-0.15, -0.1) is 0 Å². The first-order valence-electron chi connectivity index (χ1n) is 10.6. The second-order valence-corrected chi connectivity index (χ2v) is 8.29. The number of anilines is 3. The molecule has 0 radical (unpaired) electrons. The van der Waals surface area contributed by atoms with Gasteiger partial charge >= 0.3 is 6.03 Å². The monoisotopic (exact) mass is 439 g/mol. The fraction of sp³-hybridized carbons (Fsp3) is 0.333. The molecule has 4 N–H and O–H groups in total. The number of benzene rings is 2. The van der Waals surface area contributed by atoms with Crippen molar-refractivity contribution in [3.05, 3.63) is 64.7 Å². The number of aliphatic imine (C=N–C) groups is 1. The van der Waals surface area contributed by atoms with E-state index in [1.165, 1.54) is 5.56 Å². The zero-order valence-corrected chi connectivity index (χ0v) is 19.2. The minimum atomic E-state index is -0.214. The summed E-state index contributed by atoms with van der Waals surface area (Å²) < 4.78 is 0. The first-order chi connectivity index (χ1) is 14.8. The summed E-state index contributed by atoms with van der Waals surface area (Å²) in [5.74, 6) is 0.587. The molecule has 7 heteroatoms. The van der Waals surface area contributed by atoms with Crippen LogP contribution in [-0.4, -0.2) is 24.1 Å². The van der Waals surface area contributed by atoms with E-state index in [4.69, 9.17) is 16.6 Å². The van der Waals surface area contributed by atoms with Gasteiger partial charge in [-0.05, 0) is 82.0 Å². The van der Waals surface area contributed by atoms with Gasteiger partial charge in [0.2, 0.25) is 0 Å². The van der Waals surface area contributed by atoms with Gasteiger partial charge in [0.1, 0.15) is 12.0 Å². The molecule has 0 spiro atoms. The Labute approximate surface area is 189 Å². The molecule has 1 atom stereocenters. The van der Waals surface area contributed by atoms with Crippen molar-refractivity contribution in [1.29, 1.82) is 0 Å². The van der Waals surface area contributed by atoms with E-state index in [-0.39, 0.29) is 18.2 Å². The van der Waals surface area contributed by atoms with Crippen molar-refractivity contribution in [1.82, 2.24) is 5.32 Å². The average Bonchev–Trinajstić information content (AvgIpc) is 2.72. The number of amides is 2. The van der Waals surface area contributed by atoms with Crippen LogP contribution in [0.1, 0.15) is 38.8 Å². The predicted molar refractivity (Wildman–Crippen MR) is 131 cm³/mol. The Hall–Kier alpha value is -2.99. The lowest BCUT2D eigenvalue weighted by molar-refractivity contribution is 0.250. The number of carbonyl (C=O) groups excluding carboxylic acids is 1. The van der Waals surface area contributed by atoms with Gasteiger partial charge in [0.25, 0.3) is 0 Å². The van der Waals surface area contributed by atoms with E-state index in [9.17, 15) is 4.79 Å². The topological polar surface area (TPSA) is 77.5 Å². The van der Waals surface area contributed by atoms with E-state index in [2.05, 4.69) is 33.4 Å². The van der Waals surface area contributed by atoms with Gasteiger partial charge in [0.05, 0.1) is 5.03 Å². The number of nitrogens with zero attached hydrogens (tertiary/aromatic N) is 1. The maximum atomic E-state index is 12.3. The molecule has 0 saturated heterocycles. The minimum absolute atomic E-state index is 0.0602. The van der Waals surface area contributed by atoms with E-state index in [0.29, 0.717) is 10.9 Å². The van der Waals surface area contributed by atoms with E-state index in [1.807, 2.05) is 64.1 Å². The Morgan fingerprint density at radius 1 is 1.19 bits per heavy atom. The fourth-order valence-corrected chi connectivity index (χ4v) is 3.51. The first kappa shape index (κ1) is 22.7. The lowest BCUT2D eigenvalue weighted by atomic mass is 10.0. The number of urea groups is 1. The molecule has 31 heavy (non-hydrogen) atoms. The molecule has 1 aliphatic heterocycles. The molecular formula is C24H30ClN5O. The Morgan fingerprint density at radius 3 is 2.74 bits per heavy atom. The summed E-state index contributed by atoms with van der Waals surface area (Å²) in [6, 6.07) is 14.0. The summed E-state index contributed by atoms with van der Waals surface area (Å²) in [5.41, 5.74) is 4.90. The van der Waals surface area contributed by atoms with E-state index >= 15 is 0 Å². The van der Waals surface area contributed by atoms with Crippen LogP contribution >= 0.6 is 11.6 Å². The Morgan fingerprint density at radius 2 is 2.00 bits per heavy atom. The number of hydrogen-bond donors (Lipinski definition) is 4. The number of fused-ring (bicyclic) bond motifs is 4. The van der Waals surface area contributed by atoms with Crippen molar-refractivity contribution in [2.45, 2.75) is 52.7 Å². The lowest BCUT2D eigenvalue weighted by Gasteiger charge is -2.17. The van der Waals surface area contributed by atoms with Gasteiger partial charge in [-0.2, -0.15) is 0 Å². The lowest BCUT2D eigenvalue weighted by Crippen LogP contribution is -2.34. The summed E-state index contributed by atoms with van der Waals surface area (Å²) in [6.45, 7) is 7.73. The SMILES string of the molecule is C/C=C(Cl)\C1=N/C(C)Nc2cccc(c2)CCc2cc(ccc2NC(=O)NC(C)C)N1. The third kappa shape index (κ3) is 6.49. The van der Waals surface area contributed by atoms with Crippen LogP contribution in [-0.2, 0) is 12.8 Å². The molecule has 1 heterocycles. The molecule has 0 aliphatic carbocycles. The Bertz CT molecular complexity index is 999. The molecule has 2 aromatic carbocycles. The summed E-state index contributed by atoms with van der Waals surface area (Å²) in [7, 11) is 0. The third-order valence-corrected chi connectivity index (χ3v) is 5.22. The molecule has 0 aromatic heterocycles. The normalized spacial score (nSPS) is 18.3. The number of amidine groups is 1. The van der Waals surface area contributed by atoms with Gasteiger partial charge in [-0.3, -0.25) is 0 Å². The standard InChI is InChI=1S/C24H30ClN5O/c1-5-21(25)23-28-16(4)27-19-8-6-7-17(13-19)9-10-18-14-20(29-23)11-12-22(18)30-24(31)26-15(2)3/h5-8,11-16,27H,9-10H2,1-4H3,(H,28,29)(H2,26,30,31)/b21-5+. The molecule has 4 bridgehead atoms. The molecule has 1 aliphatic rings. The molecule has 1 unspecified atom stereocenters. The van der Waals surface area contributed by atoms with Crippen molar-refractivity contribution >= 4 is 40.5 Å². The molecule has 2 amide bonds. The second-order valence-electron chi connectivity index (χ2n) is 7.89. The number of allylic oxidation sites excluding steroid dienone is 1. The average molecular weight is 440 g/mol. The van der Waals surface area contributed by atoms with Gasteiger partial charge in [-0.25, -0.2) is 9.79 Å². The molecule has 164 valence electrons. The number of aryl methyl sites for hydroxylation is 2. The number of hydrogen-bond acceptors (Lipinski definition) is 4. The van der Waals surface area contributed by atoms with Gasteiger partial charge in [-0.1, -0.05) is 29.8 Å². The van der Waals surface area contributed by atoms with E-state index in [1.54, 1.807) is 0 Å². The highest BCUT2D eigenvalue weighted by atomic mass is 35.5. The van der Waals surface area contributed by atoms with Crippen molar-refractivity contribution in [3.63, 3.8) is 0 Å². The number of halogens is 1. The van der Waals surface area contributed by atoms with Gasteiger partial charge in [0.15, 0.2) is 0 Å². The van der Waals surface area contributed by atoms with Gasteiger partial charge < -0.3 is 21.3 Å². The molecule has 0 fully saturated rings. The van der Waals surface area contributed by atoms with Crippen LogP contribution < -0.4 is 21.3 Å². The van der Waals surface area contributed by atoms with Crippen LogP contribution in [0.4, 0.5) is 21.9 Å². The quantitative estimate of drug-likeness (QED) is 0.493. The van der Waals surface area contributed by atoms with Crippen molar-refractivity contribution in [3.8, 4) is 0 Å². The highest BCUT2D eigenvalue weighted by Gasteiger charge is 2.13. The number of nitrogens with one attached hydrogen (secondary N) is 4. The largest absolute Gasteiger partial charge is 0.364 e. The smallest absolute Gasteiger partial charge is 0.319 e. The number of carbonyl (C=O) groups is 1. The van der Waals surface area contributed by atoms with Crippen LogP contribution in [0.2, 0.25) is 0 Å². The van der Waals surface area contributed by atoms with Crippen LogP contribution in [0, 0.1) is 0 Å². The zero-order chi connectivity index (χ0) is 22.4. The fourth-order valence-electron chi connectivity index (χ4n) is 3.41. The van der Waals surface area contributed by atoms with E-state index < -0.39 is 0 Å². The first-order valence-corrected chi connectivity index (χ1v) is 10.9. The van der Waals surface area contributed by atoms with Crippen LogP contribution in [0.3, 0.4) is 0 Å². The van der Waals surface area contributed by atoms with Crippen molar-refractivity contribution in [2.24, 2.45) is 4.99 Å². The van der Waals surface area contributed by atoms with E-state index in [0.717, 1.165) is 35.5 Å². The molecule has 3 rings (SSSR count). The molecule has 0 saturated carbocycles. The summed E-state index contributed by atoms with van der Waals surface area (Å²) in [5, 5.41) is 13.1. The maximum absolute atomic E-state index is 12.3. The third-order valence-electron chi connectivity index (χ3n) is 4.82. The second kappa shape index (κ2) is 10.4. The van der Waals surface area contributed by atoms with Gasteiger partial charge in [0, 0.05) is 23.1 Å². The highest BCUT2D eigenvalue weighted by Crippen LogP contribution is 2.25. The minimum Gasteiger partial charge on any atom is -0.364 e. The van der Waals surface area contributed by atoms with Crippen molar-refractivity contribution < 1.29 is 4.79 Å². The summed E-state index contributed by atoms with van der Waals surface area (Å²) in [6.07, 6.45) is 3.26. The molecule has 6 nitrogen and oxygen atoms in total.